The normalized spacial score (nSPS) is 11.1. The van der Waals surface area contributed by atoms with Gasteiger partial charge in [0.05, 0.1) is 31.7 Å². The van der Waals surface area contributed by atoms with E-state index in [0.717, 1.165) is 5.57 Å². The summed E-state index contributed by atoms with van der Waals surface area (Å²) in [5.41, 5.74) is 2.50. The fraction of sp³-hybridized carbons (Fsp3) is 0.0909. The SMILES string of the molecule is C=C/C(=C\C(=C)OC)c1ccc2nc(NC(=O)c3cccc(C(=O)OC)c3)cn2n1. The third-order valence-corrected chi connectivity index (χ3v) is 4.20. The van der Waals surface area contributed by atoms with Crippen LogP contribution in [0.3, 0.4) is 0 Å². The number of imidazole rings is 1. The number of ether oxygens (including phenoxy) is 2. The predicted octanol–water partition coefficient (Wildman–Crippen LogP) is 3.50. The summed E-state index contributed by atoms with van der Waals surface area (Å²) in [7, 11) is 2.81. The average molecular weight is 404 g/mol. The molecule has 0 unspecified atom stereocenters. The number of hydrogen-bond donors (Lipinski definition) is 1. The zero-order valence-corrected chi connectivity index (χ0v) is 16.6. The molecule has 0 aliphatic carbocycles. The maximum atomic E-state index is 12.6. The fourth-order valence-corrected chi connectivity index (χ4v) is 2.66. The van der Waals surface area contributed by atoms with Crippen molar-refractivity contribution >= 4 is 28.9 Å². The van der Waals surface area contributed by atoms with Gasteiger partial charge < -0.3 is 14.8 Å². The van der Waals surface area contributed by atoms with Gasteiger partial charge in [-0.25, -0.2) is 14.3 Å². The van der Waals surface area contributed by atoms with Crippen LogP contribution in [-0.2, 0) is 9.47 Å². The third kappa shape index (κ3) is 4.44. The van der Waals surface area contributed by atoms with Crippen LogP contribution in [0.5, 0.6) is 0 Å². The first-order valence-electron chi connectivity index (χ1n) is 8.88. The van der Waals surface area contributed by atoms with E-state index in [4.69, 9.17) is 4.74 Å². The molecule has 1 aromatic carbocycles. The second kappa shape index (κ2) is 8.87. The molecule has 8 nitrogen and oxygen atoms in total. The highest BCUT2D eigenvalue weighted by molar-refractivity contribution is 6.05. The molecule has 0 atom stereocenters. The van der Waals surface area contributed by atoms with Crippen molar-refractivity contribution in [3.63, 3.8) is 0 Å². The molecule has 2 heterocycles. The predicted molar refractivity (Wildman–Crippen MR) is 113 cm³/mol. The number of nitrogens with zero attached hydrogens (tertiary/aromatic N) is 3. The summed E-state index contributed by atoms with van der Waals surface area (Å²) in [5, 5.41) is 7.19. The molecule has 1 N–H and O–H groups in total. The van der Waals surface area contributed by atoms with E-state index in [0.29, 0.717) is 28.5 Å². The van der Waals surface area contributed by atoms with Crippen molar-refractivity contribution in [1.82, 2.24) is 14.6 Å². The molecule has 3 rings (SSSR count). The van der Waals surface area contributed by atoms with Gasteiger partial charge in [0, 0.05) is 11.1 Å². The van der Waals surface area contributed by atoms with Crippen LogP contribution in [0.2, 0.25) is 0 Å². The van der Waals surface area contributed by atoms with E-state index in [-0.39, 0.29) is 5.56 Å². The van der Waals surface area contributed by atoms with E-state index >= 15 is 0 Å². The van der Waals surface area contributed by atoms with Crippen LogP contribution in [-0.4, -0.2) is 40.7 Å². The third-order valence-electron chi connectivity index (χ3n) is 4.20. The van der Waals surface area contributed by atoms with Crippen LogP contribution in [0.1, 0.15) is 26.4 Å². The Morgan fingerprint density at radius 1 is 1.13 bits per heavy atom. The summed E-state index contributed by atoms with van der Waals surface area (Å²) in [6, 6.07) is 9.78. The molecule has 2 aromatic heterocycles. The van der Waals surface area contributed by atoms with Crippen LogP contribution in [0, 0.1) is 0 Å². The number of amides is 1. The largest absolute Gasteiger partial charge is 0.497 e. The number of benzene rings is 1. The summed E-state index contributed by atoms with van der Waals surface area (Å²) in [5.74, 6) is -0.137. The first kappa shape index (κ1) is 20.5. The topological polar surface area (TPSA) is 94.8 Å². The molecular weight excluding hydrogens is 384 g/mol. The van der Waals surface area contributed by atoms with Gasteiger partial charge in [0.2, 0.25) is 0 Å². The van der Waals surface area contributed by atoms with E-state index in [1.54, 1.807) is 53.2 Å². The Morgan fingerprint density at radius 3 is 2.60 bits per heavy atom. The van der Waals surface area contributed by atoms with Crippen LogP contribution in [0.15, 0.2) is 73.7 Å². The zero-order valence-electron chi connectivity index (χ0n) is 16.6. The molecule has 0 aliphatic heterocycles. The fourth-order valence-electron chi connectivity index (χ4n) is 2.66. The molecule has 0 saturated heterocycles. The minimum absolute atomic E-state index is 0.285. The number of carbonyl (C=O) groups excluding carboxylic acids is 2. The van der Waals surface area contributed by atoms with E-state index in [2.05, 4.69) is 33.3 Å². The average Bonchev–Trinajstić information content (AvgIpc) is 3.18. The van der Waals surface area contributed by atoms with Gasteiger partial charge in [-0.3, -0.25) is 4.79 Å². The highest BCUT2D eigenvalue weighted by Gasteiger charge is 2.13. The Labute approximate surface area is 173 Å². The lowest BCUT2D eigenvalue weighted by molar-refractivity contribution is 0.0600. The van der Waals surface area contributed by atoms with E-state index in [1.807, 2.05) is 0 Å². The van der Waals surface area contributed by atoms with Gasteiger partial charge in [-0.15, -0.1) is 0 Å². The molecule has 0 bridgehead atoms. The van der Waals surface area contributed by atoms with Gasteiger partial charge in [-0.2, -0.15) is 5.10 Å². The summed E-state index contributed by atoms with van der Waals surface area (Å²) < 4.78 is 11.3. The summed E-state index contributed by atoms with van der Waals surface area (Å²) in [4.78, 5) is 28.6. The molecule has 8 heteroatoms. The quantitative estimate of drug-likeness (QED) is 0.368. The molecule has 3 aromatic rings. The lowest BCUT2D eigenvalue weighted by Crippen LogP contribution is -2.13. The van der Waals surface area contributed by atoms with Crippen molar-refractivity contribution in [2.45, 2.75) is 0 Å². The van der Waals surface area contributed by atoms with Crippen LogP contribution in [0.25, 0.3) is 11.2 Å². The molecule has 1 amide bonds. The first-order chi connectivity index (χ1) is 14.4. The maximum Gasteiger partial charge on any atom is 0.337 e. The Hall–Kier alpha value is -4.20. The van der Waals surface area contributed by atoms with Gasteiger partial charge in [-0.05, 0) is 36.4 Å². The number of esters is 1. The molecule has 30 heavy (non-hydrogen) atoms. The number of carbonyl (C=O) groups is 2. The highest BCUT2D eigenvalue weighted by atomic mass is 16.5. The van der Waals surface area contributed by atoms with Crippen LogP contribution < -0.4 is 5.32 Å². The molecule has 0 aliphatic rings. The standard InChI is InChI=1S/C22H20N4O4/c1-5-15(11-14(2)29-3)18-9-10-20-23-19(13-26(20)25-18)24-21(27)16-7-6-8-17(12-16)22(28)30-4/h5-13H,1-2H2,3-4H3,(H,24,27)/b15-11+. The second-order valence-corrected chi connectivity index (χ2v) is 6.15. The first-order valence-corrected chi connectivity index (χ1v) is 8.88. The number of fused-ring (bicyclic) bond motifs is 1. The zero-order chi connectivity index (χ0) is 21.7. The maximum absolute atomic E-state index is 12.6. The van der Waals surface area contributed by atoms with Gasteiger partial charge in [0.25, 0.3) is 5.91 Å². The molecule has 0 fully saturated rings. The van der Waals surface area contributed by atoms with Crippen molar-refractivity contribution in [2.75, 3.05) is 19.5 Å². The van der Waals surface area contributed by atoms with Gasteiger partial charge in [-0.1, -0.05) is 25.3 Å². The smallest absolute Gasteiger partial charge is 0.337 e. The summed E-state index contributed by atoms with van der Waals surface area (Å²) in [6.07, 6.45) is 4.95. The molecule has 0 saturated carbocycles. The van der Waals surface area contributed by atoms with Gasteiger partial charge in [0.15, 0.2) is 11.5 Å². The van der Waals surface area contributed by atoms with Crippen LogP contribution in [0.4, 0.5) is 5.82 Å². The molecule has 152 valence electrons. The van der Waals surface area contributed by atoms with E-state index < -0.39 is 11.9 Å². The Bertz CT molecular complexity index is 1180. The number of rotatable bonds is 7. The number of hydrogen-bond acceptors (Lipinski definition) is 6. The number of methoxy groups -OCH3 is 2. The minimum atomic E-state index is -0.517. The number of aromatic nitrogens is 3. The van der Waals surface area contributed by atoms with Gasteiger partial charge in [0.1, 0.15) is 5.76 Å². The lowest BCUT2D eigenvalue weighted by Gasteiger charge is -2.04. The summed E-state index contributed by atoms with van der Waals surface area (Å²) in [6.45, 7) is 7.56. The van der Waals surface area contributed by atoms with Crippen molar-refractivity contribution in [3.8, 4) is 0 Å². The molecule has 0 spiro atoms. The Morgan fingerprint density at radius 2 is 1.90 bits per heavy atom. The Kier molecular flexibility index (Phi) is 6.07. The summed E-state index contributed by atoms with van der Waals surface area (Å²) >= 11 is 0. The van der Waals surface area contributed by atoms with E-state index in [1.165, 1.54) is 20.3 Å². The van der Waals surface area contributed by atoms with Crippen molar-refractivity contribution in [2.24, 2.45) is 0 Å². The number of allylic oxidation sites excluding steroid dienone is 3. The van der Waals surface area contributed by atoms with Gasteiger partial charge >= 0.3 is 5.97 Å². The van der Waals surface area contributed by atoms with Crippen molar-refractivity contribution in [1.29, 1.82) is 0 Å². The Balaban J connectivity index is 1.85. The monoisotopic (exact) mass is 404 g/mol. The van der Waals surface area contributed by atoms with Crippen molar-refractivity contribution in [3.05, 3.63) is 90.5 Å². The van der Waals surface area contributed by atoms with Crippen molar-refractivity contribution < 1.29 is 19.1 Å². The molecular formula is C22H20N4O4. The highest BCUT2D eigenvalue weighted by Crippen LogP contribution is 2.18. The number of anilines is 1. The number of nitrogens with one attached hydrogen (secondary N) is 1. The van der Waals surface area contributed by atoms with Crippen LogP contribution >= 0.6 is 0 Å². The minimum Gasteiger partial charge on any atom is -0.497 e. The lowest BCUT2D eigenvalue weighted by atomic mass is 10.1. The molecule has 0 radical (unpaired) electrons. The second-order valence-electron chi connectivity index (χ2n) is 6.15. The van der Waals surface area contributed by atoms with E-state index in [9.17, 15) is 9.59 Å².